The summed E-state index contributed by atoms with van der Waals surface area (Å²) in [5.74, 6) is 0.786. The van der Waals surface area contributed by atoms with Gasteiger partial charge >= 0.3 is 0 Å². The lowest BCUT2D eigenvalue weighted by molar-refractivity contribution is -0.116. The van der Waals surface area contributed by atoms with Gasteiger partial charge in [-0.2, -0.15) is 0 Å². The molecule has 5 heteroatoms. The normalized spacial score (nSPS) is 10.4. The third kappa shape index (κ3) is 5.36. The van der Waals surface area contributed by atoms with Gasteiger partial charge in [-0.05, 0) is 57.0 Å². The van der Waals surface area contributed by atoms with Gasteiger partial charge < -0.3 is 10.1 Å². The maximum Gasteiger partial charge on any atom is 0.224 e. The summed E-state index contributed by atoms with van der Waals surface area (Å²) >= 11 is 3.40. The summed E-state index contributed by atoms with van der Waals surface area (Å²) in [5, 5.41) is 2.95. The van der Waals surface area contributed by atoms with Gasteiger partial charge in [-0.25, -0.2) is 0 Å². The average Bonchev–Trinajstić information content (AvgIpc) is 2.47. The Morgan fingerprint density at radius 1 is 1.26 bits per heavy atom. The first-order valence-electron chi connectivity index (χ1n) is 7.59. The number of halogens is 1. The summed E-state index contributed by atoms with van der Waals surface area (Å²) in [6.07, 6.45) is 1.08. The van der Waals surface area contributed by atoms with Crippen molar-refractivity contribution in [2.24, 2.45) is 0 Å². The van der Waals surface area contributed by atoms with Gasteiger partial charge in [-0.1, -0.05) is 22.0 Å². The molecule has 0 bridgehead atoms. The number of anilines is 1. The molecule has 0 atom stereocenters. The van der Waals surface area contributed by atoms with E-state index in [0.717, 1.165) is 32.9 Å². The van der Waals surface area contributed by atoms with E-state index in [4.69, 9.17) is 4.74 Å². The molecule has 0 aliphatic carbocycles. The zero-order chi connectivity index (χ0) is 16.8. The number of hydrogen-bond donors (Lipinski definition) is 1. The van der Waals surface area contributed by atoms with Gasteiger partial charge in [0.25, 0.3) is 0 Å². The quantitative estimate of drug-likeness (QED) is 0.751. The Labute approximate surface area is 145 Å². The van der Waals surface area contributed by atoms with Crippen molar-refractivity contribution in [2.45, 2.75) is 33.6 Å². The van der Waals surface area contributed by atoms with Crippen LogP contribution in [0, 0.1) is 20.8 Å². The number of aromatic nitrogens is 1. The van der Waals surface area contributed by atoms with Crippen LogP contribution in [0.4, 0.5) is 5.69 Å². The molecule has 1 aromatic heterocycles. The summed E-state index contributed by atoms with van der Waals surface area (Å²) in [5.41, 5.74) is 3.66. The van der Waals surface area contributed by atoms with Gasteiger partial charge in [-0.15, -0.1) is 0 Å². The molecular weight excluding hydrogens is 356 g/mol. The van der Waals surface area contributed by atoms with Crippen LogP contribution in [0.2, 0.25) is 0 Å². The minimum Gasteiger partial charge on any atom is -0.494 e. The van der Waals surface area contributed by atoms with Crippen molar-refractivity contribution in [1.82, 2.24) is 4.98 Å². The number of ether oxygens (including phenoxy) is 1. The van der Waals surface area contributed by atoms with Crippen LogP contribution < -0.4 is 10.1 Å². The molecule has 0 saturated heterocycles. The maximum absolute atomic E-state index is 12.1. The lowest BCUT2D eigenvalue weighted by Crippen LogP contribution is -2.15. The number of benzene rings is 1. The molecule has 1 aromatic carbocycles. The van der Waals surface area contributed by atoms with Crippen molar-refractivity contribution in [3.05, 3.63) is 51.8 Å². The fourth-order valence-corrected chi connectivity index (χ4v) is 2.77. The highest BCUT2D eigenvalue weighted by atomic mass is 79.9. The van der Waals surface area contributed by atoms with Gasteiger partial charge in [0.15, 0.2) is 0 Å². The van der Waals surface area contributed by atoms with Crippen molar-refractivity contribution in [1.29, 1.82) is 0 Å². The monoisotopic (exact) mass is 376 g/mol. The van der Waals surface area contributed by atoms with E-state index in [1.165, 1.54) is 0 Å². The van der Waals surface area contributed by atoms with Crippen LogP contribution in [0.3, 0.4) is 0 Å². The summed E-state index contributed by atoms with van der Waals surface area (Å²) in [4.78, 5) is 16.5. The lowest BCUT2D eigenvalue weighted by atomic mass is 10.1. The van der Waals surface area contributed by atoms with Gasteiger partial charge in [-0.3, -0.25) is 9.78 Å². The van der Waals surface area contributed by atoms with Crippen LogP contribution in [-0.2, 0) is 4.79 Å². The Kier molecular flexibility index (Phi) is 6.16. The van der Waals surface area contributed by atoms with Gasteiger partial charge in [0.2, 0.25) is 5.91 Å². The highest BCUT2D eigenvalue weighted by Gasteiger charge is 2.09. The topological polar surface area (TPSA) is 51.2 Å². The first kappa shape index (κ1) is 17.5. The van der Waals surface area contributed by atoms with E-state index in [-0.39, 0.29) is 5.91 Å². The van der Waals surface area contributed by atoms with E-state index in [2.05, 4.69) is 26.2 Å². The largest absolute Gasteiger partial charge is 0.494 e. The average molecular weight is 377 g/mol. The summed E-state index contributed by atoms with van der Waals surface area (Å²) < 4.78 is 6.61. The Morgan fingerprint density at radius 3 is 2.74 bits per heavy atom. The third-order valence-electron chi connectivity index (χ3n) is 3.40. The molecule has 2 rings (SSSR count). The van der Waals surface area contributed by atoms with E-state index in [1.807, 2.05) is 51.1 Å². The Bertz CT molecular complexity index is 678. The van der Waals surface area contributed by atoms with Crippen LogP contribution in [0.25, 0.3) is 0 Å². The molecule has 0 unspecified atom stereocenters. The van der Waals surface area contributed by atoms with Crippen LogP contribution in [-0.4, -0.2) is 17.5 Å². The standard InChI is InChI=1S/C18H21BrN2O2/c1-12-10-13(2)20-14(3)18(12)21-17(22)8-5-9-23-16-7-4-6-15(19)11-16/h4,6-7,10-11H,5,8-9H2,1-3H3,(H,21,22). The second kappa shape index (κ2) is 8.11. The SMILES string of the molecule is Cc1cc(C)c(NC(=O)CCCOc2cccc(Br)c2)c(C)n1. The number of aryl methyl sites for hydroxylation is 3. The molecule has 122 valence electrons. The predicted octanol–water partition coefficient (Wildman–Crippen LogP) is 4.57. The number of rotatable bonds is 6. The molecule has 0 aliphatic rings. The van der Waals surface area contributed by atoms with Crippen molar-refractivity contribution in [3.63, 3.8) is 0 Å². The number of amides is 1. The maximum atomic E-state index is 12.1. The fourth-order valence-electron chi connectivity index (χ4n) is 2.39. The van der Waals surface area contributed by atoms with E-state index in [1.54, 1.807) is 0 Å². The highest BCUT2D eigenvalue weighted by molar-refractivity contribution is 9.10. The van der Waals surface area contributed by atoms with Gasteiger partial charge in [0, 0.05) is 16.6 Å². The molecule has 0 aliphatic heterocycles. The molecule has 1 N–H and O–H groups in total. The Hall–Kier alpha value is -1.88. The number of nitrogens with one attached hydrogen (secondary N) is 1. The first-order chi connectivity index (χ1) is 11.0. The first-order valence-corrected chi connectivity index (χ1v) is 8.38. The molecule has 2 aromatic rings. The van der Waals surface area contributed by atoms with Gasteiger partial charge in [0.1, 0.15) is 5.75 Å². The zero-order valence-electron chi connectivity index (χ0n) is 13.6. The summed E-state index contributed by atoms with van der Waals surface area (Å²) in [6, 6.07) is 9.64. The zero-order valence-corrected chi connectivity index (χ0v) is 15.2. The Morgan fingerprint density at radius 2 is 2.04 bits per heavy atom. The Balaban J connectivity index is 1.80. The van der Waals surface area contributed by atoms with Crippen LogP contribution in [0.15, 0.2) is 34.8 Å². The molecule has 0 saturated carbocycles. The molecule has 4 nitrogen and oxygen atoms in total. The number of hydrogen-bond acceptors (Lipinski definition) is 3. The number of pyridine rings is 1. The van der Waals surface area contributed by atoms with Crippen molar-refractivity contribution >= 4 is 27.5 Å². The lowest BCUT2D eigenvalue weighted by Gasteiger charge is -2.12. The van der Waals surface area contributed by atoms with E-state index < -0.39 is 0 Å². The minimum absolute atomic E-state index is 0.0142. The highest BCUT2D eigenvalue weighted by Crippen LogP contribution is 2.20. The molecule has 0 fully saturated rings. The third-order valence-corrected chi connectivity index (χ3v) is 3.90. The minimum atomic E-state index is -0.0142. The molecule has 23 heavy (non-hydrogen) atoms. The van der Waals surface area contributed by atoms with Crippen molar-refractivity contribution in [3.8, 4) is 5.75 Å². The number of carbonyl (C=O) groups is 1. The van der Waals surface area contributed by atoms with Crippen LogP contribution in [0.5, 0.6) is 5.75 Å². The molecular formula is C18H21BrN2O2. The number of carbonyl (C=O) groups excluding carboxylic acids is 1. The van der Waals surface area contributed by atoms with Crippen LogP contribution >= 0.6 is 15.9 Å². The molecule has 1 heterocycles. The van der Waals surface area contributed by atoms with Gasteiger partial charge in [0.05, 0.1) is 18.0 Å². The molecule has 0 radical (unpaired) electrons. The summed E-state index contributed by atoms with van der Waals surface area (Å²) in [7, 11) is 0. The van der Waals surface area contributed by atoms with Crippen molar-refractivity contribution in [2.75, 3.05) is 11.9 Å². The van der Waals surface area contributed by atoms with E-state index >= 15 is 0 Å². The fraction of sp³-hybridized carbons (Fsp3) is 0.333. The molecule has 1 amide bonds. The van der Waals surface area contributed by atoms with Crippen molar-refractivity contribution < 1.29 is 9.53 Å². The van der Waals surface area contributed by atoms with E-state index in [9.17, 15) is 4.79 Å². The van der Waals surface area contributed by atoms with E-state index in [0.29, 0.717) is 19.4 Å². The second-order valence-corrected chi connectivity index (χ2v) is 6.41. The smallest absolute Gasteiger partial charge is 0.224 e. The number of nitrogens with zero attached hydrogens (tertiary/aromatic N) is 1. The van der Waals surface area contributed by atoms with Crippen LogP contribution in [0.1, 0.15) is 29.8 Å². The summed E-state index contributed by atoms with van der Waals surface area (Å²) in [6.45, 7) is 6.35. The molecule has 0 spiro atoms. The predicted molar refractivity (Wildman–Crippen MR) is 95.9 cm³/mol. The second-order valence-electron chi connectivity index (χ2n) is 5.50.